The molecule has 154 valence electrons. The van der Waals surface area contributed by atoms with Gasteiger partial charge in [-0.3, -0.25) is 4.99 Å². The molecule has 0 spiro atoms. The number of benzene rings is 2. The van der Waals surface area contributed by atoms with Crippen LogP contribution >= 0.6 is 24.0 Å². The number of hydrogen-bond donors (Lipinski definition) is 1. The Kier molecular flexibility index (Phi) is 10.4. The lowest BCUT2D eigenvalue weighted by Crippen LogP contribution is -2.38. The van der Waals surface area contributed by atoms with E-state index < -0.39 is 9.84 Å². The van der Waals surface area contributed by atoms with Gasteiger partial charge in [0.2, 0.25) is 0 Å². The fourth-order valence-corrected chi connectivity index (χ4v) is 3.91. The number of nitrogens with zero attached hydrogens (tertiary/aromatic N) is 2. The maximum atomic E-state index is 13.0. The summed E-state index contributed by atoms with van der Waals surface area (Å²) < 4.78 is 37.6. The molecule has 0 atom stereocenters. The molecule has 0 bridgehead atoms. The molecule has 0 fully saturated rings. The van der Waals surface area contributed by atoms with Crippen molar-refractivity contribution in [1.82, 2.24) is 10.2 Å². The van der Waals surface area contributed by atoms with E-state index in [0.29, 0.717) is 36.9 Å². The van der Waals surface area contributed by atoms with Crippen molar-refractivity contribution < 1.29 is 12.8 Å². The molecule has 2 rings (SSSR count). The maximum Gasteiger partial charge on any atom is 0.193 e. The first kappa shape index (κ1) is 24.4. The number of halogens is 2. The van der Waals surface area contributed by atoms with E-state index >= 15 is 0 Å². The zero-order valence-electron chi connectivity index (χ0n) is 16.1. The van der Waals surface area contributed by atoms with Crippen molar-refractivity contribution >= 4 is 39.8 Å². The minimum absolute atomic E-state index is 0. The monoisotopic (exact) mass is 519 g/mol. The predicted octanol–water partition coefficient (Wildman–Crippen LogP) is 3.71. The van der Waals surface area contributed by atoms with Crippen LogP contribution in [0.4, 0.5) is 4.39 Å². The van der Waals surface area contributed by atoms with Crippen molar-refractivity contribution in [3.05, 3.63) is 66.0 Å². The van der Waals surface area contributed by atoms with Crippen LogP contribution in [-0.2, 0) is 16.4 Å². The Balaban J connectivity index is 0.00000392. The van der Waals surface area contributed by atoms with Crippen LogP contribution in [-0.4, -0.2) is 45.2 Å². The second-order valence-electron chi connectivity index (χ2n) is 6.20. The van der Waals surface area contributed by atoms with Crippen LogP contribution in [0.5, 0.6) is 0 Å². The minimum Gasteiger partial charge on any atom is -0.357 e. The molecule has 5 nitrogen and oxygen atoms in total. The Morgan fingerprint density at radius 3 is 2.36 bits per heavy atom. The standard InChI is InChI=1S/C20H26FN3O2S.HI/c1-3-22-20(24(2)16-17-10-12-18(21)13-11-17)23-14-7-15-27(25,26)19-8-5-4-6-9-19;/h4-6,8-13H,3,7,14-16H2,1-2H3,(H,22,23);1H. The maximum absolute atomic E-state index is 13.0. The van der Waals surface area contributed by atoms with Gasteiger partial charge in [-0.25, -0.2) is 12.8 Å². The number of aliphatic imine (C=N–C) groups is 1. The van der Waals surface area contributed by atoms with Gasteiger partial charge in [0, 0.05) is 26.7 Å². The van der Waals surface area contributed by atoms with Crippen LogP contribution in [0.25, 0.3) is 0 Å². The van der Waals surface area contributed by atoms with Crippen LogP contribution in [0.2, 0.25) is 0 Å². The lowest BCUT2D eigenvalue weighted by molar-refractivity contribution is 0.476. The fourth-order valence-electron chi connectivity index (χ4n) is 2.59. The van der Waals surface area contributed by atoms with Crippen molar-refractivity contribution in [3.63, 3.8) is 0 Å². The third-order valence-electron chi connectivity index (χ3n) is 3.96. The quantitative estimate of drug-likeness (QED) is 0.250. The van der Waals surface area contributed by atoms with Gasteiger partial charge in [-0.15, -0.1) is 24.0 Å². The molecule has 0 unspecified atom stereocenters. The number of sulfone groups is 1. The number of nitrogens with one attached hydrogen (secondary N) is 1. The summed E-state index contributed by atoms with van der Waals surface area (Å²) in [5.74, 6) is 0.488. The molecule has 1 N–H and O–H groups in total. The highest BCUT2D eigenvalue weighted by Gasteiger charge is 2.13. The van der Waals surface area contributed by atoms with Crippen LogP contribution in [0.3, 0.4) is 0 Å². The number of hydrogen-bond acceptors (Lipinski definition) is 3. The fraction of sp³-hybridized carbons (Fsp3) is 0.350. The largest absolute Gasteiger partial charge is 0.357 e. The topological polar surface area (TPSA) is 61.8 Å². The van der Waals surface area contributed by atoms with Gasteiger partial charge in [0.15, 0.2) is 15.8 Å². The van der Waals surface area contributed by atoms with Gasteiger partial charge in [0.05, 0.1) is 10.6 Å². The smallest absolute Gasteiger partial charge is 0.193 e. The van der Waals surface area contributed by atoms with Gasteiger partial charge < -0.3 is 10.2 Å². The summed E-state index contributed by atoms with van der Waals surface area (Å²) in [7, 11) is -1.39. The molecule has 0 aliphatic rings. The van der Waals surface area contributed by atoms with Gasteiger partial charge in [0.25, 0.3) is 0 Å². The van der Waals surface area contributed by atoms with E-state index in [-0.39, 0.29) is 35.5 Å². The van der Waals surface area contributed by atoms with Crippen molar-refractivity contribution in [2.45, 2.75) is 24.8 Å². The molecule has 28 heavy (non-hydrogen) atoms. The molecule has 8 heteroatoms. The Bertz CT molecular complexity index is 844. The third kappa shape index (κ3) is 7.75. The zero-order valence-corrected chi connectivity index (χ0v) is 19.3. The zero-order chi connectivity index (χ0) is 19.7. The van der Waals surface area contributed by atoms with Crippen molar-refractivity contribution in [1.29, 1.82) is 0 Å². The Hall–Kier alpha value is -1.68. The Labute approximate surface area is 184 Å². The summed E-state index contributed by atoms with van der Waals surface area (Å²) in [6.45, 7) is 3.66. The lowest BCUT2D eigenvalue weighted by Gasteiger charge is -2.22. The predicted molar refractivity (Wildman–Crippen MR) is 122 cm³/mol. The van der Waals surface area contributed by atoms with E-state index in [2.05, 4.69) is 10.3 Å². The number of guanidine groups is 1. The number of rotatable bonds is 8. The summed E-state index contributed by atoms with van der Waals surface area (Å²) in [6, 6.07) is 14.8. The van der Waals surface area contributed by atoms with E-state index in [0.717, 1.165) is 5.56 Å². The first-order chi connectivity index (χ1) is 12.9. The second kappa shape index (κ2) is 12.0. The molecule has 2 aromatic carbocycles. The summed E-state index contributed by atoms with van der Waals surface area (Å²) in [6.07, 6.45) is 0.441. The van der Waals surface area contributed by atoms with Crippen molar-refractivity contribution in [2.24, 2.45) is 4.99 Å². The third-order valence-corrected chi connectivity index (χ3v) is 5.78. The molecule has 2 aromatic rings. The average Bonchev–Trinajstić information content (AvgIpc) is 2.66. The van der Waals surface area contributed by atoms with Crippen LogP contribution in [0.1, 0.15) is 18.9 Å². The summed E-state index contributed by atoms with van der Waals surface area (Å²) >= 11 is 0. The summed E-state index contributed by atoms with van der Waals surface area (Å²) in [5, 5.41) is 3.20. The Morgan fingerprint density at radius 1 is 1.11 bits per heavy atom. The highest BCUT2D eigenvalue weighted by molar-refractivity contribution is 14.0. The second-order valence-corrected chi connectivity index (χ2v) is 8.31. The van der Waals surface area contributed by atoms with Crippen LogP contribution in [0, 0.1) is 5.82 Å². The van der Waals surface area contributed by atoms with Crippen LogP contribution < -0.4 is 5.32 Å². The molecule has 0 aliphatic heterocycles. The first-order valence-electron chi connectivity index (χ1n) is 8.94. The molecular weight excluding hydrogens is 492 g/mol. The minimum atomic E-state index is -3.28. The summed E-state index contributed by atoms with van der Waals surface area (Å²) in [5.41, 5.74) is 0.969. The van der Waals surface area contributed by atoms with E-state index in [1.54, 1.807) is 42.5 Å². The molecule has 0 aromatic heterocycles. The molecule has 0 saturated heterocycles. The van der Waals surface area contributed by atoms with Crippen molar-refractivity contribution in [3.8, 4) is 0 Å². The van der Waals surface area contributed by atoms with Gasteiger partial charge in [-0.05, 0) is 43.2 Å². The molecule has 0 aliphatic carbocycles. The highest BCUT2D eigenvalue weighted by atomic mass is 127. The van der Waals surface area contributed by atoms with Crippen LogP contribution in [0.15, 0.2) is 64.5 Å². The first-order valence-corrected chi connectivity index (χ1v) is 10.6. The van der Waals surface area contributed by atoms with E-state index in [4.69, 9.17) is 0 Å². The molecule has 0 radical (unpaired) electrons. The van der Waals surface area contributed by atoms with Gasteiger partial charge in [-0.1, -0.05) is 30.3 Å². The van der Waals surface area contributed by atoms with Gasteiger partial charge >= 0.3 is 0 Å². The molecule has 0 saturated carbocycles. The van der Waals surface area contributed by atoms with E-state index in [9.17, 15) is 12.8 Å². The van der Waals surface area contributed by atoms with Gasteiger partial charge in [0.1, 0.15) is 5.82 Å². The van der Waals surface area contributed by atoms with E-state index in [1.807, 2.05) is 18.9 Å². The molecular formula is C20H27FIN3O2S. The highest BCUT2D eigenvalue weighted by Crippen LogP contribution is 2.11. The molecule has 0 amide bonds. The normalized spacial score (nSPS) is 11.6. The van der Waals surface area contributed by atoms with Crippen molar-refractivity contribution in [2.75, 3.05) is 25.9 Å². The van der Waals surface area contributed by atoms with Gasteiger partial charge in [-0.2, -0.15) is 0 Å². The SMILES string of the molecule is CCNC(=NCCCS(=O)(=O)c1ccccc1)N(C)Cc1ccc(F)cc1.I. The summed E-state index contributed by atoms with van der Waals surface area (Å²) in [4.78, 5) is 6.79. The Morgan fingerprint density at radius 2 is 1.75 bits per heavy atom. The lowest BCUT2D eigenvalue weighted by atomic mass is 10.2. The average molecular weight is 519 g/mol. The molecule has 0 heterocycles. The van der Waals surface area contributed by atoms with E-state index in [1.165, 1.54) is 12.1 Å².